The van der Waals surface area contributed by atoms with Gasteiger partial charge in [0.1, 0.15) is 11.6 Å². The molecule has 0 radical (unpaired) electrons. The molecule has 7 nitrogen and oxygen atoms in total. The number of hydrogen-bond acceptors (Lipinski definition) is 7. The minimum absolute atomic E-state index is 0.237. The number of rotatable bonds is 8. The molecule has 0 saturated carbocycles. The first-order valence-electron chi connectivity index (χ1n) is 9.11. The summed E-state index contributed by atoms with van der Waals surface area (Å²) in [6, 6.07) is 11.3. The number of carbonyl (C=O) groups is 1. The Morgan fingerprint density at radius 3 is 2.55 bits per heavy atom. The molecule has 1 N–H and O–H groups in total. The molecule has 0 aliphatic rings. The number of aromatic nitrogens is 2. The molecule has 1 aromatic carbocycles. The summed E-state index contributed by atoms with van der Waals surface area (Å²) in [5, 5.41) is 3.42. The van der Waals surface area contributed by atoms with Gasteiger partial charge in [-0.15, -0.1) is 11.3 Å². The Hall–Kier alpha value is -2.97. The lowest BCUT2D eigenvalue weighted by Crippen LogP contribution is -2.23. The molecule has 152 valence electrons. The van der Waals surface area contributed by atoms with Crippen LogP contribution in [0.15, 0.2) is 42.6 Å². The van der Waals surface area contributed by atoms with Gasteiger partial charge in [0.05, 0.1) is 25.0 Å². The van der Waals surface area contributed by atoms with E-state index in [2.05, 4.69) is 15.3 Å². The van der Waals surface area contributed by atoms with Gasteiger partial charge in [0.25, 0.3) is 5.91 Å². The maximum absolute atomic E-state index is 12.6. The van der Waals surface area contributed by atoms with Crippen molar-refractivity contribution in [3.8, 4) is 17.0 Å². The molecule has 0 spiro atoms. The van der Waals surface area contributed by atoms with E-state index in [4.69, 9.17) is 9.47 Å². The number of likely N-dealkylation sites (N-methyl/N-ethyl adjacent to an activating group) is 1. The Kier molecular flexibility index (Phi) is 6.79. The number of benzene rings is 1. The van der Waals surface area contributed by atoms with Crippen molar-refractivity contribution in [3.05, 3.63) is 53.0 Å². The minimum atomic E-state index is -0.237. The fourth-order valence-electron chi connectivity index (χ4n) is 2.72. The van der Waals surface area contributed by atoms with E-state index >= 15 is 0 Å². The average molecular weight is 413 g/mol. The van der Waals surface area contributed by atoms with Crippen LogP contribution in [0.5, 0.6) is 5.75 Å². The van der Waals surface area contributed by atoms with Crippen LogP contribution < -0.4 is 15.0 Å². The van der Waals surface area contributed by atoms with E-state index in [1.807, 2.05) is 49.2 Å². The van der Waals surface area contributed by atoms with E-state index in [9.17, 15) is 4.79 Å². The molecular formula is C21H24N4O3S. The number of hydrogen-bond donors (Lipinski definition) is 1. The summed E-state index contributed by atoms with van der Waals surface area (Å²) in [6.45, 7) is 3.32. The third-order valence-electron chi connectivity index (χ3n) is 4.41. The second-order valence-electron chi connectivity index (χ2n) is 6.43. The molecule has 0 saturated heterocycles. The maximum atomic E-state index is 12.6. The zero-order valence-corrected chi connectivity index (χ0v) is 17.7. The van der Waals surface area contributed by atoms with Crippen molar-refractivity contribution in [1.82, 2.24) is 9.97 Å². The molecule has 1 amide bonds. The maximum Gasteiger partial charge on any atom is 0.259 e. The molecule has 29 heavy (non-hydrogen) atoms. The number of pyridine rings is 1. The minimum Gasteiger partial charge on any atom is -0.497 e. The third kappa shape index (κ3) is 5.10. The highest BCUT2D eigenvalue weighted by molar-refractivity contribution is 7.16. The van der Waals surface area contributed by atoms with E-state index < -0.39 is 0 Å². The first-order chi connectivity index (χ1) is 14.0. The molecular weight excluding hydrogens is 388 g/mol. The van der Waals surface area contributed by atoms with Gasteiger partial charge in [0.15, 0.2) is 5.13 Å². The van der Waals surface area contributed by atoms with Gasteiger partial charge < -0.3 is 14.4 Å². The smallest absolute Gasteiger partial charge is 0.259 e. The van der Waals surface area contributed by atoms with Gasteiger partial charge in [-0.2, -0.15) is 0 Å². The molecule has 2 heterocycles. The quantitative estimate of drug-likeness (QED) is 0.605. The van der Waals surface area contributed by atoms with Gasteiger partial charge in [-0.05, 0) is 43.3 Å². The summed E-state index contributed by atoms with van der Waals surface area (Å²) in [5.74, 6) is 1.34. The molecule has 3 aromatic rings. The number of ether oxygens (including phenoxy) is 2. The van der Waals surface area contributed by atoms with Crippen molar-refractivity contribution in [2.75, 3.05) is 44.6 Å². The highest BCUT2D eigenvalue weighted by Gasteiger charge is 2.14. The Labute approximate surface area is 174 Å². The van der Waals surface area contributed by atoms with Crippen molar-refractivity contribution in [1.29, 1.82) is 0 Å². The number of thiazole rings is 1. The van der Waals surface area contributed by atoms with Crippen LogP contribution in [0.3, 0.4) is 0 Å². The lowest BCUT2D eigenvalue weighted by atomic mass is 10.1. The summed E-state index contributed by atoms with van der Waals surface area (Å²) in [7, 11) is 5.23. The summed E-state index contributed by atoms with van der Waals surface area (Å²) < 4.78 is 10.3. The predicted octanol–water partition coefficient (Wildman–Crippen LogP) is 3.86. The summed E-state index contributed by atoms with van der Waals surface area (Å²) in [5.41, 5.74) is 2.30. The van der Waals surface area contributed by atoms with Crippen LogP contribution in [0.4, 0.5) is 10.9 Å². The number of amides is 1. The summed E-state index contributed by atoms with van der Waals surface area (Å²) in [6.07, 6.45) is 1.57. The topological polar surface area (TPSA) is 76.6 Å². The zero-order valence-electron chi connectivity index (χ0n) is 16.9. The molecule has 8 heteroatoms. The largest absolute Gasteiger partial charge is 0.497 e. The average Bonchev–Trinajstić information content (AvgIpc) is 3.12. The summed E-state index contributed by atoms with van der Waals surface area (Å²) in [4.78, 5) is 24.5. The first-order valence-corrected chi connectivity index (χ1v) is 9.92. The normalized spacial score (nSPS) is 10.6. The second kappa shape index (κ2) is 9.49. The molecule has 0 fully saturated rings. The highest BCUT2D eigenvalue weighted by Crippen LogP contribution is 2.31. The standard InChI is InChI=1S/C21H24N4O3S/c1-14-19(15-5-8-17(28-4)9-6-15)23-21(29-14)24-20(26)16-7-10-18(22-13-16)25(2)11-12-27-3/h5-10,13H,11-12H2,1-4H3,(H,23,24,26). The molecule has 3 rings (SSSR count). The molecule has 0 atom stereocenters. The number of nitrogens with one attached hydrogen (secondary N) is 1. The van der Waals surface area contributed by atoms with Gasteiger partial charge in [-0.25, -0.2) is 9.97 Å². The Balaban J connectivity index is 1.69. The number of methoxy groups -OCH3 is 2. The van der Waals surface area contributed by atoms with Gasteiger partial charge in [0, 0.05) is 37.3 Å². The lowest BCUT2D eigenvalue weighted by Gasteiger charge is -2.17. The second-order valence-corrected chi connectivity index (χ2v) is 7.63. The Bertz CT molecular complexity index is 955. The van der Waals surface area contributed by atoms with Crippen LogP contribution in [-0.4, -0.2) is 50.3 Å². The van der Waals surface area contributed by atoms with Gasteiger partial charge in [-0.1, -0.05) is 0 Å². The molecule has 0 aliphatic heterocycles. The zero-order chi connectivity index (χ0) is 20.8. The lowest BCUT2D eigenvalue weighted by molar-refractivity contribution is 0.102. The Morgan fingerprint density at radius 1 is 1.17 bits per heavy atom. The molecule has 0 unspecified atom stereocenters. The third-order valence-corrected chi connectivity index (χ3v) is 5.30. The predicted molar refractivity (Wildman–Crippen MR) is 116 cm³/mol. The number of carbonyl (C=O) groups excluding carboxylic acids is 1. The van der Waals surface area contributed by atoms with E-state index in [-0.39, 0.29) is 5.91 Å². The van der Waals surface area contributed by atoms with Crippen LogP contribution in [0.25, 0.3) is 11.3 Å². The van der Waals surface area contributed by atoms with Gasteiger partial charge in [0.2, 0.25) is 0 Å². The molecule has 0 aliphatic carbocycles. The molecule has 2 aromatic heterocycles. The fraction of sp³-hybridized carbons (Fsp3) is 0.286. The first kappa shape index (κ1) is 20.8. The van der Waals surface area contributed by atoms with E-state index in [0.717, 1.165) is 34.2 Å². The fourth-order valence-corrected chi connectivity index (χ4v) is 3.56. The van der Waals surface area contributed by atoms with Crippen molar-refractivity contribution in [2.24, 2.45) is 0 Å². The number of anilines is 2. The molecule has 0 bridgehead atoms. The van der Waals surface area contributed by atoms with E-state index in [0.29, 0.717) is 17.3 Å². The van der Waals surface area contributed by atoms with Crippen LogP contribution in [0, 0.1) is 6.92 Å². The van der Waals surface area contributed by atoms with Crippen molar-refractivity contribution in [2.45, 2.75) is 6.92 Å². The van der Waals surface area contributed by atoms with Crippen molar-refractivity contribution >= 4 is 28.2 Å². The van der Waals surface area contributed by atoms with E-state index in [1.54, 1.807) is 26.5 Å². The SMILES string of the molecule is COCCN(C)c1ccc(C(=O)Nc2nc(-c3ccc(OC)cc3)c(C)s2)cn1. The van der Waals surface area contributed by atoms with Crippen LogP contribution >= 0.6 is 11.3 Å². The van der Waals surface area contributed by atoms with Crippen molar-refractivity contribution in [3.63, 3.8) is 0 Å². The monoisotopic (exact) mass is 412 g/mol. The van der Waals surface area contributed by atoms with Crippen LogP contribution in [0.1, 0.15) is 15.2 Å². The van der Waals surface area contributed by atoms with Crippen molar-refractivity contribution < 1.29 is 14.3 Å². The summed E-state index contributed by atoms with van der Waals surface area (Å²) >= 11 is 1.44. The van der Waals surface area contributed by atoms with Gasteiger partial charge >= 0.3 is 0 Å². The van der Waals surface area contributed by atoms with Gasteiger partial charge in [-0.3, -0.25) is 10.1 Å². The van der Waals surface area contributed by atoms with Crippen LogP contribution in [0.2, 0.25) is 0 Å². The number of nitrogens with zero attached hydrogens (tertiary/aromatic N) is 3. The van der Waals surface area contributed by atoms with Crippen LogP contribution in [-0.2, 0) is 4.74 Å². The Morgan fingerprint density at radius 2 is 1.93 bits per heavy atom. The number of aryl methyl sites for hydroxylation is 1. The highest BCUT2D eigenvalue weighted by atomic mass is 32.1. The van der Waals surface area contributed by atoms with E-state index in [1.165, 1.54) is 11.3 Å².